The lowest BCUT2D eigenvalue weighted by atomic mass is 10.2. The highest BCUT2D eigenvalue weighted by Gasteiger charge is 1.98. The monoisotopic (exact) mass is 224 g/mol. The van der Waals surface area contributed by atoms with Gasteiger partial charge < -0.3 is 10.3 Å². The second-order valence-electron chi connectivity index (χ2n) is 3.80. The molecule has 0 aliphatic carbocycles. The number of nitrogens with zero attached hydrogens (tertiary/aromatic N) is 2. The summed E-state index contributed by atoms with van der Waals surface area (Å²) in [6.07, 6.45) is 5.38. The molecule has 4 nitrogen and oxygen atoms in total. The average molecular weight is 224 g/mol. The molecule has 0 fully saturated rings. The molecule has 3 rings (SSSR count). The zero-order valence-corrected chi connectivity index (χ0v) is 9.22. The minimum absolute atomic E-state index is 0.693. The third-order valence-corrected chi connectivity index (χ3v) is 2.62. The number of rotatable bonds is 3. The van der Waals surface area contributed by atoms with E-state index in [0.717, 1.165) is 22.4 Å². The lowest BCUT2D eigenvalue weighted by Crippen LogP contribution is -2.00. The van der Waals surface area contributed by atoms with E-state index in [0.29, 0.717) is 6.54 Å². The Bertz CT molecular complexity index is 616. The smallest absolute Gasteiger partial charge is 0.125 e. The fourth-order valence-corrected chi connectivity index (χ4v) is 1.77. The minimum Gasteiger partial charge on any atom is -0.378 e. The van der Waals surface area contributed by atoms with Gasteiger partial charge in [0, 0.05) is 29.7 Å². The molecular weight excluding hydrogens is 212 g/mol. The number of fused-ring (bicyclic) bond motifs is 1. The first-order valence-electron chi connectivity index (χ1n) is 5.49. The SMILES string of the molecule is c1cnc2ccc(NCc3ncc[nH]3)cc2c1. The molecule has 17 heavy (non-hydrogen) atoms. The predicted molar refractivity (Wildman–Crippen MR) is 67.7 cm³/mol. The number of anilines is 1. The molecule has 0 spiro atoms. The van der Waals surface area contributed by atoms with E-state index >= 15 is 0 Å². The number of H-pyrrole nitrogens is 1. The normalized spacial score (nSPS) is 10.6. The predicted octanol–water partition coefficient (Wildman–Crippen LogP) is 2.57. The highest BCUT2D eigenvalue weighted by Crippen LogP contribution is 2.17. The first-order valence-corrected chi connectivity index (χ1v) is 5.49. The zero-order chi connectivity index (χ0) is 11.5. The van der Waals surface area contributed by atoms with Crippen molar-refractivity contribution in [3.8, 4) is 0 Å². The Labute approximate surface area is 98.7 Å². The van der Waals surface area contributed by atoms with Gasteiger partial charge in [0.15, 0.2) is 0 Å². The van der Waals surface area contributed by atoms with Gasteiger partial charge in [0.1, 0.15) is 5.82 Å². The lowest BCUT2D eigenvalue weighted by molar-refractivity contribution is 1.00. The molecule has 0 amide bonds. The highest BCUT2D eigenvalue weighted by atomic mass is 15.0. The van der Waals surface area contributed by atoms with Gasteiger partial charge in [0.05, 0.1) is 12.1 Å². The Morgan fingerprint density at radius 2 is 2.12 bits per heavy atom. The van der Waals surface area contributed by atoms with Crippen LogP contribution in [-0.2, 0) is 6.54 Å². The van der Waals surface area contributed by atoms with E-state index < -0.39 is 0 Å². The van der Waals surface area contributed by atoms with Crippen molar-refractivity contribution >= 4 is 16.6 Å². The van der Waals surface area contributed by atoms with Gasteiger partial charge in [-0.3, -0.25) is 4.98 Å². The van der Waals surface area contributed by atoms with E-state index in [4.69, 9.17) is 0 Å². The van der Waals surface area contributed by atoms with Crippen molar-refractivity contribution in [1.82, 2.24) is 15.0 Å². The molecule has 0 bridgehead atoms. The van der Waals surface area contributed by atoms with Crippen molar-refractivity contribution in [2.75, 3.05) is 5.32 Å². The summed E-state index contributed by atoms with van der Waals surface area (Å²) < 4.78 is 0. The summed E-state index contributed by atoms with van der Waals surface area (Å²) in [5.41, 5.74) is 2.08. The average Bonchev–Trinajstić information content (AvgIpc) is 2.89. The van der Waals surface area contributed by atoms with E-state index in [2.05, 4.69) is 32.4 Å². The maximum absolute atomic E-state index is 4.29. The summed E-state index contributed by atoms with van der Waals surface area (Å²) in [5, 5.41) is 4.45. The summed E-state index contributed by atoms with van der Waals surface area (Å²) in [6.45, 7) is 0.693. The maximum atomic E-state index is 4.29. The number of benzene rings is 1. The maximum Gasteiger partial charge on any atom is 0.125 e. The number of aromatic amines is 1. The van der Waals surface area contributed by atoms with Crippen LogP contribution in [0.1, 0.15) is 5.82 Å². The molecule has 3 aromatic rings. The molecule has 2 aromatic heterocycles. The quantitative estimate of drug-likeness (QED) is 0.719. The minimum atomic E-state index is 0.693. The van der Waals surface area contributed by atoms with Crippen molar-refractivity contribution in [1.29, 1.82) is 0 Å². The van der Waals surface area contributed by atoms with Crippen LogP contribution in [0.3, 0.4) is 0 Å². The van der Waals surface area contributed by atoms with Crippen LogP contribution in [0.5, 0.6) is 0 Å². The molecule has 4 heteroatoms. The Morgan fingerprint density at radius 1 is 1.12 bits per heavy atom. The second kappa shape index (κ2) is 4.25. The molecule has 2 heterocycles. The first kappa shape index (κ1) is 9.84. The van der Waals surface area contributed by atoms with Gasteiger partial charge in [-0.1, -0.05) is 6.07 Å². The molecular formula is C13H12N4. The number of nitrogens with one attached hydrogen (secondary N) is 2. The summed E-state index contributed by atoms with van der Waals surface area (Å²) in [6, 6.07) is 10.1. The van der Waals surface area contributed by atoms with Crippen molar-refractivity contribution in [2.24, 2.45) is 0 Å². The van der Waals surface area contributed by atoms with Gasteiger partial charge in [0.2, 0.25) is 0 Å². The molecule has 84 valence electrons. The van der Waals surface area contributed by atoms with Crippen molar-refractivity contribution < 1.29 is 0 Å². The van der Waals surface area contributed by atoms with E-state index in [1.165, 1.54) is 0 Å². The highest BCUT2D eigenvalue weighted by molar-refractivity contribution is 5.82. The summed E-state index contributed by atoms with van der Waals surface area (Å²) in [7, 11) is 0. The third-order valence-electron chi connectivity index (χ3n) is 2.62. The summed E-state index contributed by atoms with van der Waals surface area (Å²) in [4.78, 5) is 11.5. The summed E-state index contributed by atoms with van der Waals surface area (Å²) in [5.74, 6) is 0.927. The fraction of sp³-hybridized carbons (Fsp3) is 0.0769. The van der Waals surface area contributed by atoms with E-state index in [1.54, 1.807) is 12.4 Å². The van der Waals surface area contributed by atoms with Crippen LogP contribution in [0.15, 0.2) is 48.9 Å². The van der Waals surface area contributed by atoms with Crippen LogP contribution < -0.4 is 5.32 Å². The standard InChI is InChI=1S/C13H12N4/c1-2-10-8-11(3-4-12(10)14-5-1)17-9-13-15-6-7-16-13/h1-8,17H,9H2,(H,15,16). The van der Waals surface area contributed by atoms with Crippen molar-refractivity contribution in [3.05, 3.63) is 54.7 Å². The van der Waals surface area contributed by atoms with Crippen molar-refractivity contribution in [3.63, 3.8) is 0 Å². The number of hydrogen-bond acceptors (Lipinski definition) is 3. The van der Waals surface area contributed by atoms with Gasteiger partial charge in [-0.15, -0.1) is 0 Å². The number of hydrogen-bond donors (Lipinski definition) is 2. The molecule has 0 saturated carbocycles. The Kier molecular flexibility index (Phi) is 2.46. The van der Waals surface area contributed by atoms with Crippen LogP contribution in [0.25, 0.3) is 10.9 Å². The van der Waals surface area contributed by atoms with Crippen LogP contribution in [-0.4, -0.2) is 15.0 Å². The molecule has 0 aliphatic rings. The Balaban J connectivity index is 1.81. The van der Waals surface area contributed by atoms with Gasteiger partial charge in [-0.05, 0) is 24.3 Å². The van der Waals surface area contributed by atoms with E-state index in [-0.39, 0.29) is 0 Å². The molecule has 0 aliphatic heterocycles. The van der Waals surface area contributed by atoms with Crippen molar-refractivity contribution in [2.45, 2.75) is 6.54 Å². The van der Waals surface area contributed by atoms with Gasteiger partial charge >= 0.3 is 0 Å². The largest absolute Gasteiger partial charge is 0.378 e. The summed E-state index contributed by atoms with van der Waals surface area (Å²) >= 11 is 0. The second-order valence-corrected chi connectivity index (χ2v) is 3.80. The number of imidazole rings is 1. The topological polar surface area (TPSA) is 53.6 Å². The van der Waals surface area contributed by atoms with Crippen LogP contribution in [0.2, 0.25) is 0 Å². The van der Waals surface area contributed by atoms with Gasteiger partial charge in [0.25, 0.3) is 0 Å². The fourth-order valence-electron chi connectivity index (χ4n) is 1.77. The molecule has 0 atom stereocenters. The Hall–Kier alpha value is -2.36. The number of pyridine rings is 1. The van der Waals surface area contributed by atoms with E-state index in [1.807, 2.05) is 24.4 Å². The molecule has 0 radical (unpaired) electrons. The molecule has 2 N–H and O–H groups in total. The third kappa shape index (κ3) is 2.10. The Morgan fingerprint density at radius 3 is 3.00 bits per heavy atom. The molecule has 0 saturated heterocycles. The zero-order valence-electron chi connectivity index (χ0n) is 9.22. The van der Waals surface area contributed by atoms with E-state index in [9.17, 15) is 0 Å². The van der Waals surface area contributed by atoms with Crippen LogP contribution in [0.4, 0.5) is 5.69 Å². The number of aromatic nitrogens is 3. The first-order chi connectivity index (χ1) is 8.42. The van der Waals surface area contributed by atoms with Gasteiger partial charge in [-0.2, -0.15) is 0 Å². The lowest BCUT2D eigenvalue weighted by Gasteiger charge is -2.05. The molecule has 1 aromatic carbocycles. The van der Waals surface area contributed by atoms with Crippen LogP contribution >= 0.6 is 0 Å². The van der Waals surface area contributed by atoms with Crippen LogP contribution in [0, 0.1) is 0 Å². The molecule has 0 unspecified atom stereocenters. The van der Waals surface area contributed by atoms with Gasteiger partial charge in [-0.25, -0.2) is 4.98 Å².